The molecule has 0 aliphatic carbocycles. The molecule has 3 N–H and O–H groups in total. The second-order valence-electron chi connectivity index (χ2n) is 8.31. The Balaban J connectivity index is 1.53. The van der Waals surface area contributed by atoms with Crippen LogP contribution in [0.1, 0.15) is 24.0 Å². The van der Waals surface area contributed by atoms with Gasteiger partial charge in [-0.25, -0.2) is 4.79 Å². The molecule has 1 heterocycles. The van der Waals surface area contributed by atoms with Gasteiger partial charge >= 0.3 is 6.09 Å². The van der Waals surface area contributed by atoms with E-state index in [1.807, 2.05) is 68.5 Å². The van der Waals surface area contributed by atoms with Crippen molar-refractivity contribution >= 4 is 43.0 Å². The minimum atomic E-state index is -0.679. The summed E-state index contributed by atoms with van der Waals surface area (Å²) in [5, 5.41) is 8.64. The molecule has 35 heavy (non-hydrogen) atoms. The van der Waals surface area contributed by atoms with E-state index in [1.54, 1.807) is 0 Å². The monoisotopic (exact) mass is 494 g/mol. The molecule has 1 fully saturated rings. The van der Waals surface area contributed by atoms with Crippen LogP contribution in [0.5, 0.6) is 0 Å². The molecule has 1 aliphatic heterocycles. The van der Waals surface area contributed by atoms with Gasteiger partial charge in [-0.2, -0.15) is 0 Å². The van der Waals surface area contributed by atoms with Gasteiger partial charge in [0.1, 0.15) is 27.0 Å². The van der Waals surface area contributed by atoms with Crippen molar-refractivity contribution in [2.45, 2.75) is 38.0 Å². The molecule has 0 aromatic heterocycles. The van der Waals surface area contributed by atoms with Crippen molar-refractivity contribution in [1.29, 1.82) is 0 Å². The third kappa shape index (κ3) is 8.10. The second-order valence-corrected chi connectivity index (χ2v) is 8.75. The highest BCUT2D eigenvalue weighted by Crippen LogP contribution is 2.18. The zero-order valence-corrected chi connectivity index (χ0v) is 20.7. The van der Waals surface area contributed by atoms with Crippen LogP contribution in [0.4, 0.5) is 4.79 Å². The summed E-state index contributed by atoms with van der Waals surface area (Å²) < 4.78 is 5.15. The highest BCUT2D eigenvalue weighted by Gasteiger charge is 2.35. The Morgan fingerprint density at radius 2 is 1.69 bits per heavy atom. The largest absolute Gasteiger partial charge is 0.445 e. The number of carbonyl (C=O) groups is 3. The van der Waals surface area contributed by atoms with Crippen LogP contribution in [0.25, 0.3) is 0 Å². The molecule has 2 aromatic carbocycles. The summed E-state index contributed by atoms with van der Waals surface area (Å²) in [6, 6.07) is 18.1. The molecule has 2 atom stereocenters. The first-order valence-corrected chi connectivity index (χ1v) is 12.2. The number of carbonyl (C=O) groups excluding carboxylic acids is 3. The Kier molecular flexibility index (Phi) is 10.1. The summed E-state index contributed by atoms with van der Waals surface area (Å²) in [7, 11) is 1.95. The lowest BCUT2D eigenvalue weighted by atomic mass is 10.0. The van der Waals surface area contributed by atoms with Crippen LogP contribution >= 0.6 is 12.2 Å². The number of thiocarbonyl (C=S) groups is 1. The number of hydrogen-bond acceptors (Lipinski definition) is 5. The highest BCUT2D eigenvalue weighted by molar-refractivity contribution is 7.80. The zero-order chi connectivity index (χ0) is 25.0. The summed E-state index contributed by atoms with van der Waals surface area (Å²) in [5.41, 5.74) is 1.90. The molecule has 1 aliphatic rings. The van der Waals surface area contributed by atoms with Crippen molar-refractivity contribution in [2.75, 3.05) is 19.5 Å². The fourth-order valence-electron chi connectivity index (χ4n) is 3.99. The predicted molar refractivity (Wildman–Crippen MR) is 141 cm³/mol. The van der Waals surface area contributed by atoms with Gasteiger partial charge in [0.15, 0.2) is 0 Å². The number of nitrogens with zero attached hydrogens (tertiary/aromatic N) is 1. The average Bonchev–Trinajstić information content (AvgIpc) is 3.37. The Bertz CT molecular complexity index is 1010. The maximum atomic E-state index is 13.2. The third-order valence-corrected chi connectivity index (χ3v) is 6.17. The Morgan fingerprint density at radius 1 is 1.03 bits per heavy atom. The van der Waals surface area contributed by atoms with E-state index < -0.39 is 12.1 Å². The minimum absolute atomic E-state index is 0.115. The fraction of sp³-hybridized carbons (Fsp3) is 0.360. The summed E-state index contributed by atoms with van der Waals surface area (Å²) >= 11 is 5.51. The Hall–Kier alpha value is -3.40. The van der Waals surface area contributed by atoms with Crippen molar-refractivity contribution < 1.29 is 19.1 Å². The van der Waals surface area contributed by atoms with Crippen LogP contribution < -0.4 is 16.0 Å². The van der Waals surface area contributed by atoms with Gasteiger partial charge in [-0.05, 0) is 36.8 Å². The molecule has 3 rings (SSSR count). The minimum Gasteiger partial charge on any atom is -0.445 e. The fourth-order valence-corrected chi connectivity index (χ4v) is 4.27. The number of likely N-dealkylation sites (tertiary alicyclic amines) is 1. The molecule has 0 bridgehead atoms. The van der Waals surface area contributed by atoms with Gasteiger partial charge in [-0.1, -0.05) is 72.9 Å². The summed E-state index contributed by atoms with van der Waals surface area (Å²) in [4.78, 5) is 40.0. The molecule has 10 heteroatoms. The quantitative estimate of drug-likeness (QED) is 0.339. The average molecular weight is 494 g/mol. The van der Waals surface area contributed by atoms with E-state index in [-0.39, 0.29) is 31.0 Å². The summed E-state index contributed by atoms with van der Waals surface area (Å²) in [6.45, 7) is 0.337. The molecule has 2 aromatic rings. The van der Waals surface area contributed by atoms with E-state index in [2.05, 4.69) is 16.0 Å². The molecule has 3 amide bonds. The molecule has 8 nitrogen and oxygen atoms in total. The molecule has 0 radical (unpaired) electrons. The van der Waals surface area contributed by atoms with Crippen molar-refractivity contribution in [2.24, 2.45) is 0 Å². The first-order valence-electron chi connectivity index (χ1n) is 11.8. The number of rotatable bonds is 10. The first kappa shape index (κ1) is 26.2. The smallest absolute Gasteiger partial charge is 0.407 e. The lowest BCUT2D eigenvalue weighted by Gasteiger charge is -2.27. The van der Waals surface area contributed by atoms with Crippen LogP contribution in [-0.2, 0) is 27.4 Å². The molecule has 0 spiro atoms. The van der Waals surface area contributed by atoms with E-state index in [1.165, 1.54) is 4.90 Å². The maximum Gasteiger partial charge on any atom is 0.407 e. The number of ether oxygens (including phenoxy) is 1. The standard InChI is InChI=1S/C25H31BN4O4S/c26-17-28-24(35)20(14-18-8-3-1-4-9-18)29-23(32)21-12-7-13-30(21)22(31)15-27-25(33)34-16-19-10-5-2-6-11-19/h1-6,8-11,20-21H,7,12-17,26H2,(H,27,33)(H,28,35)(H,29,32)/t20-,21-/m0/s1. The first-order chi connectivity index (χ1) is 17.0. The summed E-state index contributed by atoms with van der Waals surface area (Å²) in [6.07, 6.45) is 1.79. The van der Waals surface area contributed by atoms with E-state index in [9.17, 15) is 14.4 Å². The molecular weight excluding hydrogens is 463 g/mol. The number of amides is 3. The number of nitrogens with one attached hydrogen (secondary N) is 3. The van der Waals surface area contributed by atoms with Gasteiger partial charge in [-0.3, -0.25) is 9.59 Å². The van der Waals surface area contributed by atoms with Crippen LogP contribution in [0, 0.1) is 0 Å². The SMILES string of the molecule is BCNC(=S)[C@H](Cc1ccccc1)NC(=O)[C@@H]1CCCN1C(=O)CNC(=O)OCc1ccccc1. The van der Waals surface area contributed by atoms with E-state index >= 15 is 0 Å². The van der Waals surface area contributed by atoms with Gasteiger partial charge in [0.05, 0.1) is 11.0 Å². The van der Waals surface area contributed by atoms with E-state index in [0.29, 0.717) is 37.2 Å². The number of benzene rings is 2. The molecule has 1 saturated heterocycles. The van der Waals surface area contributed by atoms with E-state index in [4.69, 9.17) is 17.0 Å². The Morgan fingerprint density at radius 3 is 2.34 bits per heavy atom. The zero-order valence-electron chi connectivity index (χ0n) is 19.9. The maximum absolute atomic E-state index is 13.2. The number of hydrogen-bond donors (Lipinski definition) is 3. The van der Waals surface area contributed by atoms with Gasteiger partial charge in [0.2, 0.25) is 11.8 Å². The van der Waals surface area contributed by atoms with Gasteiger partial charge in [-0.15, -0.1) is 0 Å². The molecular formula is C25H31BN4O4S. The van der Waals surface area contributed by atoms with E-state index in [0.717, 1.165) is 11.1 Å². The normalized spacial score (nSPS) is 15.7. The van der Waals surface area contributed by atoms with Crippen LogP contribution in [0.2, 0.25) is 0 Å². The van der Waals surface area contributed by atoms with Crippen LogP contribution in [-0.4, -0.2) is 67.3 Å². The van der Waals surface area contributed by atoms with Crippen molar-refractivity contribution in [3.8, 4) is 0 Å². The lowest BCUT2D eigenvalue weighted by Crippen LogP contribution is -2.54. The highest BCUT2D eigenvalue weighted by atomic mass is 32.1. The van der Waals surface area contributed by atoms with Gasteiger partial charge in [0.25, 0.3) is 0 Å². The van der Waals surface area contributed by atoms with Crippen LogP contribution in [0.3, 0.4) is 0 Å². The third-order valence-electron chi connectivity index (χ3n) is 5.74. The van der Waals surface area contributed by atoms with Gasteiger partial charge in [0, 0.05) is 6.54 Å². The van der Waals surface area contributed by atoms with Crippen LogP contribution in [0.15, 0.2) is 60.7 Å². The van der Waals surface area contributed by atoms with Crippen molar-refractivity contribution in [3.63, 3.8) is 0 Å². The predicted octanol–water partition coefficient (Wildman–Crippen LogP) is 1.14. The van der Waals surface area contributed by atoms with Gasteiger partial charge < -0.3 is 25.6 Å². The summed E-state index contributed by atoms with van der Waals surface area (Å²) in [5.74, 6) is -0.572. The number of alkyl carbamates (subject to hydrolysis) is 1. The second kappa shape index (κ2) is 13.5. The Labute approximate surface area is 212 Å². The molecule has 0 unspecified atom stereocenters. The topological polar surface area (TPSA) is 99.8 Å². The molecule has 184 valence electrons. The lowest BCUT2D eigenvalue weighted by molar-refractivity contribution is -0.137. The van der Waals surface area contributed by atoms with Crippen molar-refractivity contribution in [1.82, 2.24) is 20.9 Å². The van der Waals surface area contributed by atoms with Crippen molar-refractivity contribution in [3.05, 3.63) is 71.8 Å². The molecule has 0 saturated carbocycles.